The maximum absolute atomic E-state index is 10.7. The van der Waals surface area contributed by atoms with Crippen molar-refractivity contribution in [3.05, 3.63) is 33.9 Å². The average Bonchev–Trinajstić information content (AvgIpc) is 2.27. The fraction of sp³-hybridized carbons (Fsp3) is 0.385. The van der Waals surface area contributed by atoms with Gasteiger partial charge in [0.15, 0.2) is 0 Å². The predicted molar refractivity (Wildman–Crippen MR) is 74.5 cm³/mol. The van der Waals surface area contributed by atoms with E-state index in [2.05, 4.69) is 31.1 Å². The second-order valence-electron chi connectivity index (χ2n) is 4.98. The zero-order chi connectivity index (χ0) is 13.8. The van der Waals surface area contributed by atoms with Crippen LogP contribution < -0.4 is 4.74 Å². The number of rotatable bonds is 3. The maximum atomic E-state index is 10.7. The van der Waals surface area contributed by atoms with Gasteiger partial charge in [-0.25, -0.2) is 0 Å². The van der Waals surface area contributed by atoms with E-state index in [1.807, 2.05) is 0 Å². The van der Waals surface area contributed by atoms with Crippen molar-refractivity contribution in [3.63, 3.8) is 0 Å². The molecule has 4 nitrogen and oxygen atoms in total. The Kier molecular flexibility index (Phi) is 4.51. The molecule has 0 N–H and O–H groups in total. The van der Waals surface area contributed by atoms with E-state index in [4.69, 9.17) is 4.74 Å². The van der Waals surface area contributed by atoms with E-state index in [0.29, 0.717) is 12.2 Å². The van der Waals surface area contributed by atoms with Crippen molar-refractivity contribution in [2.45, 2.75) is 26.1 Å². The number of nitrogens with zero attached hydrogens (tertiary/aromatic N) is 1. The molecule has 0 unspecified atom stereocenters. The van der Waals surface area contributed by atoms with E-state index in [0.717, 1.165) is 5.56 Å². The number of nitro benzene ring substituents is 1. The van der Waals surface area contributed by atoms with E-state index < -0.39 is 13.0 Å². The number of methoxy groups -OCH3 is 1. The van der Waals surface area contributed by atoms with Gasteiger partial charge in [0.05, 0.1) is 18.1 Å². The third kappa shape index (κ3) is 4.22. The largest absolute Gasteiger partial charge is 0.496 e. The number of non-ortho nitro benzene ring substituents is 1. The molecule has 0 radical (unpaired) electrons. The van der Waals surface area contributed by atoms with Crippen LogP contribution >= 0.6 is 0 Å². The van der Waals surface area contributed by atoms with Crippen LogP contribution in [0.4, 0.5) is 5.69 Å². The third-order valence-corrected chi connectivity index (χ3v) is 3.15. The first-order valence-corrected chi connectivity index (χ1v) is 9.15. The van der Waals surface area contributed by atoms with E-state index in [-0.39, 0.29) is 5.69 Å². The summed E-state index contributed by atoms with van der Waals surface area (Å²) in [4.78, 5) is 10.2. The van der Waals surface area contributed by atoms with Crippen LogP contribution in [0.5, 0.6) is 5.75 Å². The zero-order valence-electron chi connectivity index (χ0n) is 11.1. The Balaban J connectivity index is 2.96. The normalized spacial score (nSPS) is 10.4. The summed E-state index contributed by atoms with van der Waals surface area (Å²) in [6.07, 6.45) is 0.561. The summed E-state index contributed by atoms with van der Waals surface area (Å²) in [5, 5.41) is 10.7. The smallest absolute Gasteiger partial charge is 0.273 e. The minimum absolute atomic E-state index is 0.0359. The molecule has 18 heavy (non-hydrogen) atoms. The van der Waals surface area contributed by atoms with Crippen LogP contribution in [0.1, 0.15) is 5.56 Å². The van der Waals surface area contributed by atoms with E-state index >= 15 is 0 Å². The van der Waals surface area contributed by atoms with Gasteiger partial charge in [-0.05, 0) is 6.07 Å². The Labute approximate surface area is 108 Å². The second-order valence-corrected chi connectivity index (χ2v) is 9.73. The lowest BCUT2D eigenvalue weighted by molar-refractivity contribution is -0.384. The summed E-state index contributed by atoms with van der Waals surface area (Å²) in [5.41, 5.74) is 4.18. The van der Waals surface area contributed by atoms with E-state index in [9.17, 15) is 10.1 Å². The zero-order valence-corrected chi connectivity index (χ0v) is 12.1. The van der Waals surface area contributed by atoms with Crippen LogP contribution in [0.2, 0.25) is 19.6 Å². The van der Waals surface area contributed by atoms with Crippen LogP contribution in [-0.2, 0) is 6.42 Å². The lowest BCUT2D eigenvalue weighted by Crippen LogP contribution is -2.16. The minimum Gasteiger partial charge on any atom is -0.496 e. The highest BCUT2D eigenvalue weighted by Gasteiger charge is 2.11. The molecule has 0 amide bonds. The highest BCUT2D eigenvalue weighted by atomic mass is 28.3. The van der Waals surface area contributed by atoms with Gasteiger partial charge in [-0.1, -0.05) is 19.6 Å². The molecule has 1 aromatic rings. The van der Waals surface area contributed by atoms with Gasteiger partial charge in [-0.2, -0.15) is 0 Å². The number of hydrogen-bond donors (Lipinski definition) is 0. The Morgan fingerprint density at radius 3 is 2.56 bits per heavy atom. The van der Waals surface area contributed by atoms with Gasteiger partial charge in [0.25, 0.3) is 5.69 Å². The number of ether oxygens (including phenoxy) is 1. The standard InChI is InChI=1S/C13H17NO3Si/c1-17-13-10-12(14(15)16)8-7-11(13)6-5-9-18(2,3)4/h7-8,10H,6H2,1-4H3. The van der Waals surface area contributed by atoms with Crippen molar-refractivity contribution in [2.24, 2.45) is 0 Å². The van der Waals surface area contributed by atoms with Gasteiger partial charge in [0.2, 0.25) is 0 Å². The first kappa shape index (κ1) is 14.3. The quantitative estimate of drug-likeness (QED) is 0.364. The van der Waals surface area contributed by atoms with Crippen LogP contribution in [0, 0.1) is 21.6 Å². The molecule has 0 aliphatic heterocycles. The van der Waals surface area contributed by atoms with Gasteiger partial charge in [0.1, 0.15) is 13.8 Å². The SMILES string of the molecule is COc1cc([N+](=O)[O-])ccc1CC#C[Si](C)(C)C. The van der Waals surface area contributed by atoms with E-state index in [1.165, 1.54) is 19.2 Å². The molecule has 0 atom stereocenters. The molecular weight excluding hydrogens is 246 g/mol. The first-order chi connectivity index (χ1) is 8.33. The molecule has 0 fully saturated rings. The van der Waals surface area contributed by atoms with Crippen LogP contribution in [0.15, 0.2) is 18.2 Å². The van der Waals surface area contributed by atoms with Crippen LogP contribution in [0.3, 0.4) is 0 Å². The molecule has 1 rings (SSSR count). The molecule has 0 saturated carbocycles. The van der Waals surface area contributed by atoms with Crippen LogP contribution in [-0.4, -0.2) is 20.1 Å². The van der Waals surface area contributed by atoms with Gasteiger partial charge in [0, 0.05) is 18.1 Å². The summed E-state index contributed by atoms with van der Waals surface area (Å²) < 4.78 is 5.16. The molecule has 0 saturated heterocycles. The highest BCUT2D eigenvalue weighted by molar-refractivity contribution is 6.83. The molecule has 1 aromatic carbocycles. The summed E-state index contributed by atoms with van der Waals surface area (Å²) in [7, 11) is 0.131. The van der Waals surface area contributed by atoms with Gasteiger partial charge in [-0.3, -0.25) is 10.1 Å². The number of benzene rings is 1. The first-order valence-electron chi connectivity index (χ1n) is 5.65. The van der Waals surface area contributed by atoms with Crippen molar-refractivity contribution in [1.29, 1.82) is 0 Å². The fourth-order valence-electron chi connectivity index (χ4n) is 1.40. The Hall–Kier alpha value is -1.80. The van der Waals surface area contributed by atoms with Gasteiger partial charge in [-0.15, -0.1) is 11.5 Å². The summed E-state index contributed by atoms with van der Waals surface area (Å²) in [6, 6.07) is 4.62. The number of hydrogen-bond acceptors (Lipinski definition) is 3. The lowest BCUT2D eigenvalue weighted by atomic mass is 10.1. The van der Waals surface area contributed by atoms with Crippen molar-refractivity contribution >= 4 is 13.8 Å². The Bertz CT molecular complexity index is 509. The second kappa shape index (κ2) is 5.69. The highest BCUT2D eigenvalue weighted by Crippen LogP contribution is 2.24. The van der Waals surface area contributed by atoms with Crippen molar-refractivity contribution in [1.82, 2.24) is 0 Å². The van der Waals surface area contributed by atoms with Crippen molar-refractivity contribution in [3.8, 4) is 17.2 Å². The maximum Gasteiger partial charge on any atom is 0.273 e. The minimum atomic E-state index is -1.38. The molecule has 0 heterocycles. The molecule has 5 heteroatoms. The van der Waals surface area contributed by atoms with Gasteiger partial charge >= 0.3 is 0 Å². The van der Waals surface area contributed by atoms with Crippen molar-refractivity contribution < 1.29 is 9.66 Å². The molecule has 0 aliphatic rings. The Morgan fingerprint density at radius 2 is 2.06 bits per heavy atom. The average molecular weight is 263 g/mol. The lowest BCUT2D eigenvalue weighted by Gasteiger charge is -2.06. The Morgan fingerprint density at radius 1 is 1.39 bits per heavy atom. The van der Waals surface area contributed by atoms with Crippen LogP contribution in [0.25, 0.3) is 0 Å². The molecule has 0 aromatic heterocycles. The molecule has 0 bridgehead atoms. The van der Waals surface area contributed by atoms with Crippen molar-refractivity contribution in [2.75, 3.05) is 7.11 Å². The molecule has 0 aliphatic carbocycles. The summed E-state index contributed by atoms with van der Waals surface area (Å²) in [6.45, 7) is 6.52. The number of nitro groups is 1. The molecule has 0 spiro atoms. The fourth-order valence-corrected chi connectivity index (χ4v) is 2.02. The topological polar surface area (TPSA) is 52.4 Å². The van der Waals surface area contributed by atoms with Gasteiger partial charge < -0.3 is 4.74 Å². The predicted octanol–water partition coefficient (Wildman–Crippen LogP) is 3.03. The molecular formula is C13H17NO3Si. The monoisotopic (exact) mass is 263 g/mol. The summed E-state index contributed by atoms with van der Waals surface area (Å²) in [5.74, 6) is 3.65. The molecule has 96 valence electrons. The third-order valence-electron chi connectivity index (χ3n) is 2.22. The summed E-state index contributed by atoms with van der Waals surface area (Å²) >= 11 is 0. The van der Waals surface area contributed by atoms with E-state index in [1.54, 1.807) is 6.07 Å².